The standard InChI is InChI=1S/C21H23NO2/c1-14(2)23-19-8-10-20(11-9-19)24-21-7-6-17-12-16(15(3)22)4-5-18(17)13-21/h4-15H,22H2,1-3H3. The van der Waals surface area contributed by atoms with Crippen LogP contribution in [0.25, 0.3) is 10.8 Å². The number of rotatable bonds is 5. The number of hydrogen-bond donors (Lipinski definition) is 1. The summed E-state index contributed by atoms with van der Waals surface area (Å²) in [4.78, 5) is 0. The molecule has 3 nitrogen and oxygen atoms in total. The quantitative estimate of drug-likeness (QED) is 0.680. The Morgan fingerprint density at radius 1 is 0.708 bits per heavy atom. The van der Waals surface area contributed by atoms with Crippen molar-refractivity contribution in [3.05, 3.63) is 66.2 Å². The van der Waals surface area contributed by atoms with Crippen molar-refractivity contribution in [2.45, 2.75) is 32.9 Å². The van der Waals surface area contributed by atoms with Crippen LogP contribution in [0.3, 0.4) is 0 Å². The molecule has 0 saturated carbocycles. The third kappa shape index (κ3) is 3.87. The van der Waals surface area contributed by atoms with Crippen molar-refractivity contribution in [1.82, 2.24) is 0 Å². The van der Waals surface area contributed by atoms with Crippen molar-refractivity contribution in [1.29, 1.82) is 0 Å². The van der Waals surface area contributed by atoms with Gasteiger partial charge in [0.1, 0.15) is 17.2 Å². The van der Waals surface area contributed by atoms with E-state index in [9.17, 15) is 0 Å². The first-order valence-electron chi connectivity index (χ1n) is 8.25. The van der Waals surface area contributed by atoms with Crippen LogP contribution >= 0.6 is 0 Å². The molecule has 0 fully saturated rings. The van der Waals surface area contributed by atoms with Crippen molar-refractivity contribution < 1.29 is 9.47 Å². The lowest BCUT2D eigenvalue weighted by Gasteiger charge is -2.11. The lowest BCUT2D eigenvalue weighted by Crippen LogP contribution is -2.05. The minimum absolute atomic E-state index is 0.0388. The maximum Gasteiger partial charge on any atom is 0.128 e. The summed E-state index contributed by atoms with van der Waals surface area (Å²) in [6.45, 7) is 6.01. The van der Waals surface area contributed by atoms with Gasteiger partial charge in [-0.3, -0.25) is 0 Å². The van der Waals surface area contributed by atoms with Gasteiger partial charge in [0.2, 0.25) is 0 Å². The smallest absolute Gasteiger partial charge is 0.128 e. The van der Waals surface area contributed by atoms with Gasteiger partial charge >= 0.3 is 0 Å². The van der Waals surface area contributed by atoms with Gasteiger partial charge in [0, 0.05) is 6.04 Å². The zero-order valence-electron chi connectivity index (χ0n) is 14.3. The van der Waals surface area contributed by atoms with Crippen LogP contribution in [-0.2, 0) is 0 Å². The van der Waals surface area contributed by atoms with E-state index in [-0.39, 0.29) is 12.1 Å². The number of fused-ring (bicyclic) bond motifs is 1. The van der Waals surface area contributed by atoms with E-state index < -0.39 is 0 Å². The van der Waals surface area contributed by atoms with E-state index in [0.29, 0.717) is 0 Å². The minimum Gasteiger partial charge on any atom is -0.491 e. The molecule has 0 bridgehead atoms. The lowest BCUT2D eigenvalue weighted by molar-refractivity contribution is 0.242. The molecule has 0 aliphatic carbocycles. The van der Waals surface area contributed by atoms with Gasteiger partial charge in [-0.1, -0.05) is 18.2 Å². The molecule has 1 unspecified atom stereocenters. The van der Waals surface area contributed by atoms with Crippen molar-refractivity contribution in [2.24, 2.45) is 5.73 Å². The van der Waals surface area contributed by atoms with Crippen LogP contribution in [0, 0.1) is 0 Å². The summed E-state index contributed by atoms with van der Waals surface area (Å²) in [5.41, 5.74) is 7.08. The Kier molecular flexibility index (Phi) is 4.72. The van der Waals surface area contributed by atoms with E-state index in [1.165, 1.54) is 0 Å². The highest BCUT2D eigenvalue weighted by Crippen LogP contribution is 2.28. The van der Waals surface area contributed by atoms with Crippen molar-refractivity contribution >= 4 is 10.8 Å². The summed E-state index contributed by atoms with van der Waals surface area (Å²) in [5, 5.41) is 2.30. The molecule has 0 saturated heterocycles. The Morgan fingerprint density at radius 2 is 1.29 bits per heavy atom. The van der Waals surface area contributed by atoms with Crippen molar-refractivity contribution in [3.8, 4) is 17.2 Å². The van der Waals surface area contributed by atoms with Gasteiger partial charge in [0.25, 0.3) is 0 Å². The highest BCUT2D eigenvalue weighted by Gasteiger charge is 2.04. The summed E-state index contributed by atoms with van der Waals surface area (Å²) >= 11 is 0. The molecule has 1 atom stereocenters. The zero-order valence-corrected chi connectivity index (χ0v) is 14.3. The van der Waals surface area contributed by atoms with E-state index in [1.807, 2.05) is 57.2 Å². The maximum atomic E-state index is 5.94. The predicted molar refractivity (Wildman–Crippen MR) is 98.8 cm³/mol. The second kappa shape index (κ2) is 6.93. The molecule has 124 valence electrons. The van der Waals surface area contributed by atoms with Crippen LogP contribution in [0.4, 0.5) is 0 Å². The van der Waals surface area contributed by atoms with Gasteiger partial charge in [-0.05, 0) is 79.6 Å². The first-order chi connectivity index (χ1) is 11.5. The van der Waals surface area contributed by atoms with Gasteiger partial charge < -0.3 is 15.2 Å². The summed E-state index contributed by atoms with van der Waals surface area (Å²) in [6, 6.07) is 20.1. The molecule has 3 rings (SSSR count). The molecule has 0 amide bonds. The predicted octanol–water partition coefficient (Wildman–Crippen LogP) is 5.44. The molecule has 0 aliphatic heterocycles. The average molecular weight is 321 g/mol. The first-order valence-corrected chi connectivity index (χ1v) is 8.25. The van der Waals surface area contributed by atoms with E-state index in [2.05, 4.69) is 24.3 Å². The van der Waals surface area contributed by atoms with Crippen LogP contribution in [0.1, 0.15) is 32.4 Å². The molecular formula is C21H23NO2. The zero-order chi connectivity index (χ0) is 17.1. The molecule has 0 heterocycles. The summed E-state index contributed by atoms with van der Waals surface area (Å²) in [6.07, 6.45) is 0.165. The van der Waals surface area contributed by atoms with E-state index in [0.717, 1.165) is 33.6 Å². The lowest BCUT2D eigenvalue weighted by atomic mass is 10.0. The molecule has 2 N–H and O–H groups in total. The second-order valence-corrected chi connectivity index (χ2v) is 6.30. The Labute approximate surface area is 143 Å². The molecule has 3 aromatic rings. The third-order valence-corrected chi connectivity index (χ3v) is 3.79. The van der Waals surface area contributed by atoms with Crippen LogP contribution in [0.5, 0.6) is 17.2 Å². The number of nitrogens with two attached hydrogens (primary N) is 1. The Morgan fingerprint density at radius 3 is 1.96 bits per heavy atom. The van der Waals surface area contributed by atoms with Crippen LogP contribution in [-0.4, -0.2) is 6.10 Å². The van der Waals surface area contributed by atoms with Crippen LogP contribution in [0.2, 0.25) is 0 Å². The van der Waals surface area contributed by atoms with Gasteiger partial charge in [-0.15, -0.1) is 0 Å². The van der Waals surface area contributed by atoms with Gasteiger partial charge in [-0.2, -0.15) is 0 Å². The fourth-order valence-electron chi connectivity index (χ4n) is 2.58. The highest BCUT2D eigenvalue weighted by atomic mass is 16.5. The highest BCUT2D eigenvalue weighted by molar-refractivity contribution is 5.84. The molecule has 24 heavy (non-hydrogen) atoms. The summed E-state index contributed by atoms with van der Waals surface area (Å²) < 4.78 is 11.6. The van der Waals surface area contributed by atoms with E-state index >= 15 is 0 Å². The summed E-state index contributed by atoms with van der Waals surface area (Å²) in [7, 11) is 0. The largest absolute Gasteiger partial charge is 0.491 e. The fourth-order valence-corrected chi connectivity index (χ4v) is 2.58. The average Bonchev–Trinajstić information content (AvgIpc) is 2.55. The number of benzene rings is 3. The van der Waals surface area contributed by atoms with Crippen molar-refractivity contribution in [3.63, 3.8) is 0 Å². The Balaban J connectivity index is 1.78. The topological polar surface area (TPSA) is 44.5 Å². The molecule has 3 heteroatoms. The minimum atomic E-state index is 0.0388. The third-order valence-electron chi connectivity index (χ3n) is 3.79. The monoisotopic (exact) mass is 321 g/mol. The van der Waals surface area contributed by atoms with E-state index in [4.69, 9.17) is 15.2 Å². The Bertz CT molecular complexity index is 823. The molecular weight excluding hydrogens is 298 g/mol. The Hall–Kier alpha value is -2.52. The van der Waals surface area contributed by atoms with Gasteiger partial charge in [0.15, 0.2) is 0 Å². The molecule has 0 aliphatic rings. The molecule has 0 aromatic heterocycles. The number of hydrogen-bond acceptors (Lipinski definition) is 3. The van der Waals surface area contributed by atoms with Crippen LogP contribution in [0.15, 0.2) is 60.7 Å². The van der Waals surface area contributed by atoms with Gasteiger partial charge in [-0.25, -0.2) is 0 Å². The first kappa shape index (κ1) is 16.3. The second-order valence-electron chi connectivity index (χ2n) is 6.30. The summed E-state index contributed by atoms with van der Waals surface area (Å²) in [5.74, 6) is 2.45. The molecule has 3 aromatic carbocycles. The SMILES string of the molecule is CC(C)Oc1ccc(Oc2ccc3cc(C(C)N)ccc3c2)cc1. The van der Waals surface area contributed by atoms with Crippen molar-refractivity contribution in [2.75, 3.05) is 0 Å². The maximum absolute atomic E-state index is 5.94. The normalized spacial score (nSPS) is 12.4. The fraction of sp³-hybridized carbons (Fsp3) is 0.238. The van der Waals surface area contributed by atoms with Crippen LogP contribution < -0.4 is 15.2 Å². The molecule has 0 spiro atoms. The number of ether oxygens (including phenoxy) is 2. The molecule has 0 radical (unpaired) electrons. The van der Waals surface area contributed by atoms with Gasteiger partial charge in [0.05, 0.1) is 6.10 Å². The van der Waals surface area contributed by atoms with E-state index in [1.54, 1.807) is 0 Å².